The summed E-state index contributed by atoms with van der Waals surface area (Å²) in [5.41, 5.74) is 1.36. The summed E-state index contributed by atoms with van der Waals surface area (Å²) in [5.74, 6) is 1.44. The minimum Gasteiger partial charge on any atom is -0.495 e. The lowest BCUT2D eigenvalue weighted by atomic mass is 10.2. The van der Waals surface area contributed by atoms with Gasteiger partial charge in [0, 0.05) is 21.7 Å². The average Bonchev–Trinajstić information content (AvgIpc) is 3.09. The van der Waals surface area contributed by atoms with Crippen molar-refractivity contribution in [2.24, 2.45) is 0 Å². The molecule has 0 saturated heterocycles. The van der Waals surface area contributed by atoms with Crippen LogP contribution < -0.4 is 10.1 Å². The Balaban J connectivity index is 1.71. The van der Waals surface area contributed by atoms with Gasteiger partial charge in [-0.2, -0.15) is 0 Å². The van der Waals surface area contributed by atoms with E-state index in [1.807, 2.05) is 12.1 Å². The van der Waals surface area contributed by atoms with Crippen LogP contribution in [0.3, 0.4) is 0 Å². The molecule has 0 aliphatic carbocycles. The van der Waals surface area contributed by atoms with E-state index < -0.39 is 0 Å². The van der Waals surface area contributed by atoms with Gasteiger partial charge in [0.2, 0.25) is 5.91 Å². The molecule has 26 heavy (non-hydrogen) atoms. The summed E-state index contributed by atoms with van der Waals surface area (Å²) in [5, 5.41) is 3.81. The second-order valence-electron chi connectivity index (χ2n) is 5.38. The normalized spacial score (nSPS) is 10.9. The number of para-hydroxylation sites is 2. The third-order valence-corrected chi connectivity index (χ3v) is 3.97. The Hall–Kier alpha value is -2.69. The Morgan fingerprint density at radius 2 is 1.81 bits per heavy atom. The largest absolute Gasteiger partial charge is 0.495 e. The molecule has 0 atom stereocenters. The van der Waals surface area contributed by atoms with Gasteiger partial charge < -0.3 is 14.5 Å². The standard InChI is InChI=1S/C20H15Cl2NO3/c1-25-19-5-3-2-4-17(19)23-20(24)9-7-16-6-8-18(26-16)13-10-14(21)12-15(22)11-13/h2-12H,1H3,(H,23,24)/b9-7+. The van der Waals surface area contributed by atoms with E-state index in [4.69, 9.17) is 32.4 Å². The maximum Gasteiger partial charge on any atom is 0.248 e. The number of furan rings is 1. The highest BCUT2D eigenvalue weighted by Crippen LogP contribution is 2.29. The number of methoxy groups -OCH3 is 1. The molecule has 0 aliphatic rings. The van der Waals surface area contributed by atoms with E-state index in [1.165, 1.54) is 6.08 Å². The Morgan fingerprint density at radius 3 is 2.54 bits per heavy atom. The van der Waals surface area contributed by atoms with Gasteiger partial charge in [0.1, 0.15) is 17.3 Å². The summed E-state index contributed by atoms with van der Waals surface area (Å²) in [7, 11) is 1.55. The van der Waals surface area contributed by atoms with Gasteiger partial charge in [-0.05, 0) is 48.5 Å². The minimum absolute atomic E-state index is 0.293. The number of carbonyl (C=O) groups excluding carboxylic acids is 1. The van der Waals surface area contributed by atoms with Gasteiger partial charge in [0.05, 0.1) is 12.8 Å². The summed E-state index contributed by atoms with van der Waals surface area (Å²) >= 11 is 12.0. The predicted octanol–water partition coefficient (Wildman–Crippen LogP) is 5.91. The highest BCUT2D eigenvalue weighted by molar-refractivity contribution is 6.35. The number of amides is 1. The first-order valence-electron chi connectivity index (χ1n) is 7.73. The first-order chi connectivity index (χ1) is 12.5. The van der Waals surface area contributed by atoms with Crippen molar-refractivity contribution in [3.63, 3.8) is 0 Å². The summed E-state index contributed by atoms with van der Waals surface area (Å²) in [6.45, 7) is 0. The third kappa shape index (κ3) is 4.48. The first kappa shape index (κ1) is 18.1. The number of rotatable bonds is 5. The fourth-order valence-electron chi connectivity index (χ4n) is 2.37. The molecule has 3 rings (SSSR count). The summed E-state index contributed by atoms with van der Waals surface area (Å²) in [6.07, 6.45) is 2.97. The van der Waals surface area contributed by atoms with Crippen LogP contribution in [0.4, 0.5) is 5.69 Å². The third-order valence-electron chi connectivity index (χ3n) is 3.54. The summed E-state index contributed by atoms with van der Waals surface area (Å²) < 4.78 is 10.9. The molecule has 1 heterocycles. The lowest BCUT2D eigenvalue weighted by molar-refractivity contribution is -0.111. The van der Waals surface area contributed by atoms with E-state index >= 15 is 0 Å². The molecule has 2 aromatic carbocycles. The number of halogens is 2. The van der Waals surface area contributed by atoms with Crippen LogP contribution >= 0.6 is 23.2 Å². The van der Waals surface area contributed by atoms with Crippen LogP contribution in [-0.4, -0.2) is 13.0 Å². The van der Waals surface area contributed by atoms with Crippen molar-refractivity contribution in [3.8, 4) is 17.1 Å². The zero-order valence-corrected chi connectivity index (χ0v) is 15.3. The SMILES string of the molecule is COc1ccccc1NC(=O)/C=C/c1ccc(-c2cc(Cl)cc(Cl)c2)o1. The van der Waals surface area contributed by atoms with Gasteiger partial charge in [-0.3, -0.25) is 4.79 Å². The fraction of sp³-hybridized carbons (Fsp3) is 0.0500. The van der Waals surface area contributed by atoms with Crippen LogP contribution in [0.25, 0.3) is 17.4 Å². The van der Waals surface area contributed by atoms with E-state index in [2.05, 4.69) is 5.32 Å². The van der Waals surface area contributed by atoms with Crippen molar-refractivity contribution < 1.29 is 13.9 Å². The molecule has 0 spiro atoms. The van der Waals surface area contributed by atoms with E-state index in [9.17, 15) is 4.79 Å². The quantitative estimate of drug-likeness (QED) is 0.553. The number of anilines is 1. The highest BCUT2D eigenvalue weighted by Gasteiger charge is 2.07. The molecule has 0 unspecified atom stereocenters. The molecular weight excluding hydrogens is 373 g/mol. The number of benzene rings is 2. The molecule has 0 bridgehead atoms. The van der Waals surface area contributed by atoms with Gasteiger partial charge in [0.25, 0.3) is 0 Å². The first-order valence-corrected chi connectivity index (χ1v) is 8.49. The maximum absolute atomic E-state index is 12.1. The van der Waals surface area contributed by atoms with Crippen LogP contribution in [0.2, 0.25) is 10.0 Å². The second kappa shape index (κ2) is 8.13. The van der Waals surface area contributed by atoms with Gasteiger partial charge >= 0.3 is 0 Å². The molecule has 0 saturated carbocycles. The second-order valence-corrected chi connectivity index (χ2v) is 6.26. The van der Waals surface area contributed by atoms with Crippen molar-refractivity contribution >= 4 is 40.9 Å². The smallest absolute Gasteiger partial charge is 0.248 e. The minimum atomic E-state index is -0.293. The topological polar surface area (TPSA) is 51.5 Å². The molecule has 6 heteroatoms. The van der Waals surface area contributed by atoms with Crippen molar-refractivity contribution in [3.05, 3.63) is 76.5 Å². The summed E-state index contributed by atoms with van der Waals surface area (Å²) in [4.78, 5) is 12.1. The van der Waals surface area contributed by atoms with Crippen molar-refractivity contribution in [1.29, 1.82) is 0 Å². The van der Waals surface area contributed by atoms with Gasteiger partial charge in [-0.25, -0.2) is 0 Å². The number of ether oxygens (including phenoxy) is 1. The van der Waals surface area contributed by atoms with E-state index in [1.54, 1.807) is 55.7 Å². The highest BCUT2D eigenvalue weighted by atomic mass is 35.5. The summed E-state index contributed by atoms with van der Waals surface area (Å²) in [6, 6.07) is 15.9. The van der Waals surface area contributed by atoms with E-state index in [0.29, 0.717) is 33.0 Å². The lowest BCUT2D eigenvalue weighted by Gasteiger charge is -2.07. The molecule has 1 aromatic heterocycles. The van der Waals surface area contributed by atoms with Crippen LogP contribution in [0, 0.1) is 0 Å². The number of hydrogen-bond acceptors (Lipinski definition) is 3. The molecule has 0 aliphatic heterocycles. The fourth-order valence-corrected chi connectivity index (χ4v) is 2.90. The van der Waals surface area contributed by atoms with Gasteiger partial charge in [-0.1, -0.05) is 35.3 Å². The van der Waals surface area contributed by atoms with Crippen LogP contribution in [0.1, 0.15) is 5.76 Å². The molecule has 3 aromatic rings. The Morgan fingerprint density at radius 1 is 1.08 bits per heavy atom. The van der Waals surface area contributed by atoms with E-state index in [-0.39, 0.29) is 5.91 Å². The number of nitrogens with one attached hydrogen (secondary N) is 1. The Labute approximate surface area is 161 Å². The monoisotopic (exact) mass is 387 g/mol. The van der Waals surface area contributed by atoms with Crippen molar-refractivity contribution in [2.45, 2.75) is 0 Å². The number of carbonyl (C=O) groups is 1. The molecule has 4 nitrogen and oxygen atoms in total. The maximum atomic E-state index is 12.1. The lowest BCUT2D eigenvalue weighted by Crippen LogP contribution is -2.08. The van der Waals surface area contributed by atoms with Crippen molar-refractivity contribution in [2.75, 3.05) is 12.4 Å². The van der Waals surface area contributed by atoms with Gasteiger partial charge in [0.15, 0.2) is 0 Å². The molecule has 0 fully saturated rings. The Bertz CT molecular complexity index is 943. The molecule has 0 radical (unpaired) electrons. The number of hydrogen-bond donors (Lipinski definition) is 1. The zero-order valence-electron chi connectivity index (χ0n) is 13.8. The van der Waals surface area contributed by atoms with Gasteiger partial charge in [-0.15, -0.1) is 0 Å². The average molecular weight is 388 g/mol. The van der Waals surface area contributed by atoms with E-state index in [0.717, 1.165) is 5.56 Å². The van der Waals surface area contributed by atoms with Crippen molar-refractivity contribution in [1.82, 2.24) is 0 Å². The Kier molecular flexibility index (Phi) is 5.66. The van der Waals surface area contributed by atoms with Crippen LogP contribution in [0.5, 0.6) is 5.75 Å². The van der Waals surface area contributed by atoms with Crippen LogP contribution in [-0.2, 0) is 4.79 Å². The molecule has 1 N–H and O–H groups in total. The molecule has 132 valence electrons. The van der Waals surface area contributed by atoms with Crippen LogP contribution in [0.15, 0.2) is 65.1 Å². The molecular formula is C20H15Cl2NO3. The zero-order chi connectivity index (χ0) is 18.5. The molecule has 1 amide bonds. The predicted molar refractivity (Wildman–Crippen MR) is 105 cm³/mol.